The minimum absolute atomic E-state index is 0.00137. The number of amides is 4. The lowest BCUT2D eigenvalue weighted by molar-refractivity contribution is -0.144. The van der Waals surface area contributed by atoms with E-state index >= 15 is 0 Å². The van der Waals surface area contributed by atoms with Crippen molar-refractivity contribution in [1.29, 1.82) is 0 Å². The van der Waals surface area contributed by atoms with Crippen LogP contribution in [0.2, 0.25) is 0 Å². The first-order chi connectivity index (χ1) is 34.8. The molecule has 0 radical (unpaired) electrons. The van der Waals surface area contributed by atoms with Gasteiger partial charge in [0, 0.05) is 73.2 Å². The summed E-state index contributed by atoms with van der Waals surface area (Å²) in [6, 6.07) is 31.3. The molecule has 2 fully saturated rings. The zero-order valence-electron chi connectivity index (χ0n) is 40.5. The van der Waals surface area contributed by atoms with Gasteiger partial charge >= 0.3 is 11.8 Å². The molecule has 6 heterocycles. The van der Waals surface area contributed by atoms with Crippen molar-refractivity contribution in [1.82, 2.24) is 55.1 Å². The fourth-order valence-electron chi connectivity index (χ4n) is 8.49. The van der Waals surface area contributed by atoms with E-state index in [4.69, 9.17) is 0 Å². The maximum Gasteiger partial charge on any atom is 0.321 e. The van der Waals surface area contributed by atoms with Gasteiger partial charge in [-0.2, -0.15) is 38.0 Å². The molecule has 2 unspecified atom stereocenters. The van der Waals surface area contributed by atoms with Crippen LogP contribution in [0.5, 0.6) is 0 Å². The standard InChI is InChI=1S/C25H24F2N6O2.C13H14F2N2O2.C12H11IN4.CH5N/c1-25(26,27)24(35)29-20-13-22(34)33(23(20)16-6-4-3-5-7-16)19-8-9-21-17(12-19)14-28-32(21)15-18-10-11-31(2)30-18;1-13(14,15)12(19)16-9-7-10(18)17-11(9)8-5-3-2-4-6-8;1-16-5-4-11(15-16)8-17-12-3-2-10(13)6-9(12)7-14-17;1-2/h3-12,14,20,23H,13,15H2,1-2H3,(H,29,35);2-6,9,11H,7H2,1H3,(H,16,19)(H,17,18);2-7H,8H2,1H3;2H2,1H3/t20-,23?;9-,11?;;/m00../s1. The molecule has 8 aromatic rings. The third-order valence-corrected chi connectivity index (χ3v) is 12.5. The number of alkyl halides is 4. The number of fused-ring (bicyclic) bond motifs is 2. The van der Waals surface area contributed by atoms with Crippen molar-refractivity contribution in [3.05, 3.63) is 160 Å². The van der Waals surface area contributed by atoms with E-state index < -0.39 is 47.8 Å². The van der Waals surface area contributed by atoms with E-state index in [0.717, 1.165) is 38.9 Å². The Morgan fingerprint density at radius 2 is 1.18 bits per heavy atom. The second-order valence-corrected chi connectivity index (χ2v) is 18.7. The van der Waals surface area contributed by atoms with Gasteiger partial charge in [-0.1, -0.05) is 60.7 Å². The number of hydrogen-bond acceptors (Lipinski definition) is 9. The summed E-state index contributed by atoms with van der Waals surface area (Å²) in [7, 11) is 5.28. The number of anilines is 1. The first-order valence-corrected chi connectivity index (χ1v) is 24.1. The molecule has 4 aromatic heterocycles. The van der Waals surface area contributed by atoms with Crippen molar-refractivity contribution >= 4 is 73.7 Å². The fourth-order valence-corrected chi connectivity index (χ4v) is 9.00. The summed E-state index contributed by atoms with van der Waals surface area (Å²) in [4.78, 5) is 49.5. The summed E-state index contributed by atoms with van der Waals surface area (Å²) >= 11 is 2.31. The summed E-state index contributed by atoms with van der Waals surface area (Å²) < 4.78 is 61.6. The van der Waals surface area contributed by atoms with Gasteiger partial charge in [0.1, 0.15) is 0 Å². The number of carbonyl (C=O) groups excluding carboxylic acids is 4. The van der Waals surface area contributed by atoms with E-state index in [-0.39, 0.29) is 24.7 Å². The summed E-state index contributed by atoms with van der Waals surface area (Å²) in [6.07, 6.45) is 7.35. The molecule has 10 rings (SSSR count). The van der Waals surface area contributed by atoms with Crippen molar-refractivity contribution in [2.24, 2.45) is 19.8 Å². The van der Waals surface area contributed by atoms with Crippen LogP contribution in [0.15, 0.2) is 134 Å². The van der Waals surface area contributed by atoms with Crippen LogP contribution in [0.3, 0.4) is 0 Å². The van der Waals surface area contributed by atoms with Gasteiger partial charge in [-0.25, -0.2) is 0 Å². The highest BCUT2D eigenvalue weighted by molar-refractivity contribution is 14.1. The van der Waals surface area contributed by atoms with Crippen LogP contribution in [-0.2, 0) is 46.4 Å². The second-order valence-electron chi connectivity index (χ2n) is 17.4. The third kappa shape index (κ3) is 13.1. The van der Waals surface area contributed by atoms with Crippen molar-refractivity contribution in [3.63, 3.8) is 0 Å². The zero-order valence-corrected chi connectivity index (χ0v) is 42.6. The van der Waals surface area contributed by atoms with Crippen LogP contribution < -0.4 is 26.6 Å². The predicted octanol–water partition coefficient (Wildman–Crippen LogP) is 6.82. The monoisotopic (exact) mass is 1120 g/mol. The topological polar surface area (TPSA) is 205 Å². The molecule has 5 N–H and O–H groups in total. The van der Waals surface area contributed by atoms with Crippen LogP contribution in [0.25, 0.3) is 21.8 Å². The lowest BCUT2D eigenvalue weighted by Gasteiger charge is -2.29. The molecule has 2 saturated heterocycles. The normalized spacial score (nSPS) is 17.5. The number of rotatable bonds is 11. The number of nitrogens with zero attached hydrogens (tertiary/aromatic N) is 9. The van der Waals surface area contributed by atoms with Crippen LogP contribution in [0.1, 0.15) is 61.3 Å². The predicted molar refractivity (Wildman–Crippen MR) is 275 cm³/mol. The Morgan fingerprint density at radius 1 is 0.685 bits per heavy atom. The Kier molecular flexibility index (Phi) is 16.8. The summed E-state index contributed by atoms with van der Waals surface area (Å²) in [5.74, 6) is -10.3. The lowest BCUT2D eigenvalue weighted by Crippen LogP contribution is -2.46. The number of nitrogens with two attached hydrogens (primary N) is 1. The van der Waals surface area contributed by atoms with Gasteiger partial charge < -0.3 is 26.6 Å². The van der Waals surface area contributed by atoms with Crippen molar-refractivity contribution < 1.29 is 36.7 Å². The summed E-state index contributed by atoms with van der Waals surface area (Å²) in [5.41, 5.74) is 10.5. The van der Waals surface area contributed by atoms with Gasteiger partial charge in [0.2, 0.25) is 11.8 Å². The van der Waals surface area contributed by atoms with Crippen molar-refractivity contribution in [2.45, 2.75) is 75.8 Å². The maximum atomic E-state index is 13.6. The van der Waals surface area contributed by atoms with Gasteiger partial charge in [-0.15, -0.1) is 0 Å². The van der Waals surface area contributed by atoms with Crippen molar-refractivity contribution in [3.8, 4) is 0 Å². The van der Waals surface area contributed by atoms with E-state index in [1.165, 1.54) is 16.0 Å². The second kappa shape index (κ2) is 22.9. The molecule has 0 aliphatic carbocycles. The largest absolute Gasteiger partial charge is 0.347 e. The summed E-state index contributed by atoms with van der Waals surface area (Å²) in [6.45, 7) is 2.29. The highest BCUT2D eigenvalue weighted by Crippen LogP contribution is 2.39. The van der Waals surface area contributed by atoms with Crippen molar-refractivity contribution in [2.75, 3.05) is 11.9 Å². The van der Waals surface area contributed by atoms with E-state index in [9.17, 15) is 36.7 Å². The number of carbonyl (C=O) groups is 4. The van der Waals surface area contributed by atoms with Crippen LogP contribution in [0.4, 0.5) is 23.2 Å². The molecule has 22 heteroatoms. The van der Waals surface area contributed by atoms with Gasteiger partial charge in [0.15, 0.2) is 0 Å². The minimum atomic E-state index is -3.54. The van der Waals surface area contributed by atoms with E-state index in [1.54, 1.807) is 40.0 Å². The molecule has 0 saturated carbocycles. The molecule has 4 amide bonds. The molecule has 17 nitrogen and oxygen atoms in total. The number of benzene rings is 4. The van der Waals surface area contributed by atoms with Gasteiger partial charge in [0.05, 0.1) is 72.1 Å². The molecule has 0 bridgehead atoms. The molecule has 382 valence electrons. The Balaban J connectivity index is 0.000000173. The molecule has 2 aliphatic heterocycles. The smallest absolute Gasteiger partial charge is 0.321 e. The van der Waals surface area contributed by atoms with Crippen LogP contribution >= 0.6 is 22.6 Å². The van der Waals surface area contributed by atoms with E-state index in [1.807, 2.05) is 113 Å². The van der Waals surface area contributed by atoms with Crippen LogP contribution in [0, 0.1) is 3.57 Å². The van der Waals surface area contributed by atoms with Gasteiger partial charge in [-0.05, 0) is 89.3 Å². The molecular formula is C51H54F4IN13O4. The number of hydrogen-bond donors (Lipinski definition) is 4. The van der Waals surface area contributed by atoms with E-state index in [0.29, 0.717) is 32.6 Å². The summed E-state index contributed by atoms with van der Waals surface area (Å²) in [5, 5.41) is 26.9. The first-order valence-electron chi connectivity index (χ1n) is 23.0. The average Bonchev–Trinajstić information content (AvgIpc) is 4.24. The fraction of sp³-hybridized carbons (Fsp3) is 0.294. The molecule has 2 aliphatic rings. The Labute approximate surface area is 431 Å². The van der Waals surface area contributed by atoms with Gasteiger partial charge in [0.25, 0.3) is 11.8 Å². The minimum Gasteiger partial charge on any atom is -0.347 e. The number of aromatic nitrogens is 8. The highest BCUT2D eigenvalue weighted by atomic mass is 127. The number of aryl methyl sites for hydroxylation is 2. The zero-order chi connectivity index (χ0) is 52.6. The van der Waals surface area contributed by atoms with E-state index in [2.05, 4.69) is 82.9 Å². The SMILES string of the molecule is CC(F)(F)C(=O)N[C@H]1CC(=O)NC1c1ccccc1.CN.Cn1ccc(Cn2ncc3cc(I)ccc32)n1.Cn1ccc(Cn2ncc3cc(N4C(=O)C[C@H](NC(=O)C(C)(F)F)C4c4ccccc4)ccc32)n1. The quantitative estimate of drug-likeness (QED) is 0.0792. The Hall–Kier alpha value is -7.47. The molecule has 73 heavy (non-hydrogen) atoms. The highest BCUT2D eigenvalue weighted by Gasteiger charge is 2.45. The van der Waals surface area contributed by atoms with Crippen LogP contribution in [-0.4, -0.2) is 93.7 Å². The third-order valence-electron chi connectivity index (χ3n) is 11.8. The lowest BCUT2D eigenvalue weighted by atomic mass is 9.99. The Bertz CT molecular complexity index is 3190. The average molecular weight is 1120 g/mol. The number of nitrogens with one attached hydrogen (secondary N) is 3. The number of halogens is 5. The molecular weight excluding hydrogens is 1060 g/mol. The van der Waals surface area contributed by atoms with Gasteiger partial charge in [-0.3, -0.25) is 37.9 Å². The molecule has 4 atom stereocenters. The molecule has 0 spiro atoms. The first kappa shape index (κ1) is 53.3. The molecule has 4 aromatic carbocycles. The maximum absolute atomic E-state index is 13.6. The Morgan fingerprint density at radius 3 is 1.68 bits per heavy atom.